The molecular weight excluding hydrogens is 268 g/mol. The fraction of sp³-hybridized carbons (Fsp3) is 0.562. The van der Waals surface area contributed by atoms with Crippen LogP contribution in [0.3, 0.4) is 0 Å². The lowest BCUT2D eigenvalue weighted by Crippen LogP contribution is -2.42. The smallest absolute Gasteiger partial charge is 0.257 e. The molecule has 1 aromatic rings. The number of ether oxygens (including phenoxy) is 2. The van der Waals surface area contributed by atoms with Crippen LogP contribution in [0.15, 0.2) is 18.2 Å². The van der Waals surface area contributed by atoms with Gasteiger partial charge in [-0.1, -0.05) is 0 Å². The van der Waals surface area contributed by atoms with Crippen LogP contribution in [0.5, 0.6) is 11.5 Å². The lowest BCUT2D eigenvalue weighted by Gasteiger charge is -2.32. The second-order valence-corrected chi connectivity index (χ2v) is 5.89. The van der Waals surface area contributed by atoms with Crippen LogP contribution >= 0.6 is 0 Å². The molecule has 0 aliphatic heterocycles. The summed E-state index contributed by atoms with van der Waals surface area (Å²) >= 11 is 0. The van der Waals surface area contributed by atoms with E-state index in [4.69, 9.17) is 15.2 Å². The Bertz CT molecular complexity index is 481. The number of hydrogen-bond acceptors (Lipinski definition) is 4. The van der Waals surface area contributed by atoms with Crippen molar-refractivity contribution in [3.05, 3.63) is 23.8 Å². The maximum Gasteiger partial charge on any atom is 0.257 e. The highest BCUT2D eigenvalue weighted by atomic mass is 16.5. The van der Waals surface area contributed by atoms with Gasteiger partial charge >= 0.3 is 0 Å². The summed E-state index contributed by atoms with van der Waals surface area (Å²) < 4.78 is 10.9. The van der Waals surface area contributed by atoms with E-state index < -0.39 is 0 Å². The van der Waals surface area contributed by atoms with Crippen LogP contribution < -0.4 is 15.2 Å². The molecule has 0 atom stereocenters. The number of hydrogen-bond donors (Lipinski definition) is 1. The number of nitrogens with two attached hydrogens (primary N) is 1. The van der Waals surface area contributed by atoms with Crippen LogP contribution in [0.1, 0.15) is 37.6 Å². The number of methoxy groups -OCH3 is 1. The molecule has 0 aromatic heterocycles. The molecular formula is C16H26N2O3. The zero-order valence-corrected chi connectivity index (χ0v) is 13.6. The van der Waals surface area contributed by atoms with Gasteiger partial charge in [-0.15, -0.1) is 0 Å². The van der Waals surface area contributed by atoms with Gasteiger partial charge in [0.25, 0.3) is 5.91 Å². The first-order valence-corrected chi connectivity index (χ1v) is 7.10. The molecule has 0 radical (unpaired) electrons. The van der Waals surface area contributed by atoms with Gasteiger partial charge in [0.15, 0.2) is 0 Å². The molecule has 1 amide bonds. The third-order valence-electron chi connectivity index (χ3n) is 3.33. The Labute approximate surface area is 127 Å². The van der Waals surface area contributed by atoms with Gasteiger partial charge in [0, 0.05) is 12.6 Å². The van der Waals surface area contributed by atoms with Crippen LogP contribution in [0.25, 0.3) is 0 Å². The van der Waals surface area contributed by atoms with Crippen LogP contribution in [-0.4, -0.2) is 43.7 Å². The van der Waals surface area contributed by atoms with Crippen molar-refractivity contribution < 1.29 is 14.3 Å². The van der Waals surface area contributed by atoms with Gasteiger partial charge in [-0.3, -0.25) is 4.79 Å². The molecule has 0 spiro atoms. The van der Waals surface area contributed by atoms with E-state index in [2.05, 4.69) is 0 Å². The summed E-state index contributed by atoms with van der Waals surface area (Å²) in [7, 11) is 3.36. The predicted octanol–water partition coefficient (Wildman–Crippen LogP) is 2.29. The SMILES string of the molecule is COc1ccc(OCCCN)c(C(=O)N(C)C(C)(C)C)c1. The van der Waals surface area contributed by atoms with Crippen molar-refractivity contribution in [2.24, 2.45) is 5.73 Å². The number of rotatable bonds is 6. The van der Waals surface area contributed by atoms with Crippen molar-refractivity contribution in [2.75, 3.05) is 27.3 Å². The van der Waals surface area contributed by atoms with Gasteiger partial charge in [0.1, 0.15) is 11.5 Å². The van der Waals surface area contributed by atoms with Gasteiger partial charge < -0.3 is 20.1 Å². The van der Waals surface area contributed by atoms with E-state index in [0.717, 1.165) is 6.42 Å². The highest BCUT2D eigenvalue weighted by molar-refractivity contribution is 5.97. The predicted molar refractivity (Wildman–Crippen MR) is 84.0 cm³/mol. The summed E-state index contributed by atoms with van der Waals surface area (Å²) in [5.41, 5.74) is 5.70. The molecule has 118 valence electrons. The normalized spacial score (nSPS) is 11.1. The molecule has 21 heavy (non-hydrogen) atoms. The Morgan fingerprint density at radius 3 is 2.52 bits per heavy atom. The second kappa shape index (κ2) is 7.31. The highest BCUT2D eigenvalue weighted by Gasteiger charge is 2.26. The van der Waals surface area contributed by atoms with Crippen LogP contribution in [0.4, 0.5) is 0 Å². The lowest BCUT2D eigenvalue weighted by molar-refractivity contribution is 0.0651. The van der Waals surface area contributed by atoms with Crippen LogP contribution in [0.2, 0.25) is 0 Å². The lowest BCUT2D eigenvalue weighted by atomic mass is 10.0. The molecule has 0 unspecified atom stereocenters. The molecule has 5 heteroatoms. The van der Waals surface area contributed by atoms with Gasteiger partial charge in [0.05, 0.1) is 19.3 Å². The minimum atomic E-state index is -0.269. The Kier molecular flexibility index (Phi) is 6.03. The average Bonchev–Trinajstić information content (AvgIpc) is 2.45. The second-order valence-electron chi connectivity index (χ2n) is 5.89. The molecule has 0 fully saturated rings. The van der Waals surface area contributed by atoms with E-state index in [0.29, 0.717) is 30.2 Å². The number of amides is 1. The molecule has 0 aliphatic carbocycles. The number of nitrogens with zero attached hydrogens (tertiary/aromatic N) is 1. The fourth-order valence-corrected chi connectivity index (χ4v) is 1.68. The van der Waals surface area contributed by atoms with Crippen LogP contribution in [-0.2, 0) is 0 Å². The molecule has 1 rings (SSSR count). The van der Waals surface area contributed by atoms with Crippen molar-refractivity contribution in [2.45, 2.75) is 32.7 Å². The standard InChI is InChI=1S/C16H26N2O3/c1-16(2,3)18(4)15(19)13-11-12(20-5)7-8-14(13)21-10-6-9-17/h7-8,11H,6,9-10,17H2,1-5H3. The number of benzene rings is 1. The van der Waals surface area contributed by atoms with Gasteiger partial charge in [-0.05, 0) is 51.9 Å². The monoisotopic (exact) mass is 294 g/mol. The molecule has 0 aliphatic rings. The Hall–Kier alpha value is -1.75. The maximum atomic E-state index is 12.7. The maximum absolute atomic E-state index is 12.7. The molecule has 0 bridgehead atoms. The van der Waals surface area contributed by atoms with E-state index in [9.17, 15) is 4.79 Å². The summed E-state index contributed by atoms with van der Waals surface area (Å²) in [6, 6.07) is 5.26. The quantitative estimate of drug-likeness (QED) is 0.818. The first kappa shape index (κ1) is 17.3. The van der Waals surface area contributed by atoms with Crippen molar-refractivity contribution in [3.8, 4) is 11.5 Å². The van der Waals surface area contributed by atoms with Crippen molar-refractivity contribution in [1.29, 1.82) is 0 Å². The zero-order valence-electron chi connectivity index (χ0n) is 13.6. The fourth-order valence-electron chi connectivity index (χ4n) is 1.68. The minimum Gasteiger partial charge on any atom is -0.497 e. The van der Waals surface area contributed by atoms with E-state index in [1.54, 1.807) is 37.3 Å². The van der Waals surface area contributed by atoms with E-state index >= 15 is 0 Å². The molecule has 2 N–H and O–H groups in total. The van der Waals surface area contributed by atoms with E-state index in [1.807, 2.05) is 20.8 Å². The van der Waals surface area contributed by atoms with Crippen molar-refractivity contribution in [1.82, 2.24) is 4.90 Å². The van der Waals surface area contributed by atoms with Crippen molar-refractivity contribution in [3.63, 3.8) is 0 Å². The van der Waals surface area contributed by atoms with E-state index in [1.165, 1.54) is 0 Å². The summed E-state index contributed by atoms with van der Waals surface area (Å²) in [4.78, 5) is 14.4. The van der Waals surface area contributed by atoms with Gasteiger partial charge in [0.2, 0.25) is 0 Å². The summed E-state index contributed by atoms with van der Waals surface area (Å²) in [6.45, 7) is 7.00. The van der Waals surface area contributed by atoms with Crippen molar-refractivity contribution >= 4 is 5.91 Å². The first-order chi connectivity index (χ1) is 9.81. The van der Waals surface area contributed by atoms with Crippen LogP contribution in [0, 0.1) is 0 Å². The largest absolute Gasteiger partial charge is 0.497 e. The molecule has 1 aromatic carbocycles. The molecule has 0 saturated heterocycles. The molecule has 0 heterocycles. The third-order valence-corrected chi connectivity index (χ3v) is 3.33. The molecule has 5 nitrogen and oxygen atoms in total. The zero-order chi connectivity index (χ0) is 16.0. The Balaban J connectivity index is 3.08. The van der Waals surface area contributed by atoms with Gasteiger partial charge in [-0.25, -0.2) is 0 Å². The van der Waals surface area contributed by atoms with Gasteiger partial charge in [-0.2, -0.15) is 0 Å². The average molecular weight is 294 g/mol. The number of carbonyl (C=O) groups excluding carboxylic acids is 1. The number of carbonyl (C=O) groups is 1. The van der Waals surface area contributed by atoms with E-state index in [-0.39, 0.29) is 11.4 Å². The summed E-state index contributed by atoms with van der Waals surface area (Å²) in [5.74, 6) is 1.10. The summed E-state index contributed by atoms with van der Waals surface area (Å²) in [5, 5.41) is 0. The minimum absolute atomic E-state index is 0.0934. The Morgan fingerprint density at radius 2 is 2.00 bits per heavy atom. The first-order valence-electron chi connectivity index (χ1n) is 7.10. The Morgan fingerprint density at radius 1 is 1.33 bits per heavy atom. The third kappa shape index (κ3) is 4.63. The highest BCUT2D eigenvalue weighted by Crippen LogP contribution is 2.27. The summed E-state index contributed by atoms with van der Waals surface area (Å²) in [6.07, 6.45) is 0.745. The topological polar surface area (TPSA) is 64.8 Å². The molecule has 0 saturated carbocycles.